The first-order valence-corrected chi connectivity index (χ1v) is 5.18. The van der Waals surface area contributed by atoms with E-state index in [0.29, 0.717) is 16.3 Å². The lowest BCUT2D eigenvalue weighted by Crippen LogP contribution is -2.44. The minimum Gasteiger partial charge on any atom is -0.372 e. The maximum absolute atomic E-state index is 13.5. The van der Waals surface area contributed by atoms with Gasteiger partial charge in [0.05, 0.1) is 23.9 Å². The topological polar surface area (TPSA) is 38.7 Å². The number of hydrogen-bond acceptors (Lipinski definition) is 3. The third kappa shape index (κ3) is 2.72. The molecular formula is C12H7ClFNO2. The van der Waals surface area contributed by atoms with E-state index in [1.165, 1.54) is 12.1 Å². The molecule has 1 aromatic carbocycles. The van der Waals surface area contributed by atoms with Gasteiger partial charge in [-0.2, -0.15) is 4.99 Å². The third-order valence-electron chi connectivity index (χ3n) is 2.21. The molecule has 0 N–H and O–H groups in total. The fourth-order valence-corrected chi connectivity index (χ4v) is 1.43. The van der Waals surface area contributed by atoms with Crippen LogP contribution in [0.2, 0.25) is 5.02 Å². The third-order valence-corrected chi connectivity index (χ3v) is 2.54. The Morgan fingerprint density at radius 2 is 2.24 bits per heavy atom. The summed E-state index contributed by atoms with van der Waals surface area (Å²) in [6.45, 7) is -0.0480. The highest BCUT2D eigenvalue weighted by atomic mass is 35.5. The quantitative estimate of drug-likeness (QED) is 0.437. The van der Waals surface area contributed by atoms with E-state index >= 15 is 0 Å². The van der Waals surface area contributed by atoms with Crippen LogP contribution in [-0.2, 0) is 9.53 Å². The minimum absolute atomic E-state index is 0.0240. The highest BCUT2D eigenvalue weighted by molar-refractivity contribution is 6.31. The summed E-state index contributed by atoms with van der Waals surface area (Å²) >= 11 is 5.89. The lowest BCUT2D eigenvalue weighted by atomic mass is 10.0. The summed E-state index contributed by atoms with van der Waals surface area (Å²) in [4.78, 5) is 13.5. The molecule has 0 bridgehead atoms. The van der Waals surface area contributed by atoms with Crippen molar-refractivity contribution in [2.75, 3.05) is 13.2 Å². The van der Waals surface area contributed by atoms with Crippen LogP contribution < -0.4 is 0 Å². The van der Waals surface area contributed by atoms with Gasteiger partial charge < -0.3 is 4.74 Å². The average Bonchev–Trinajstić information content (AvgIpc) is 2.28. The van der Waals surface area contributed by atoms with E-state index < -0.39 is 5.67 Å². The van der Waals surface area contributed by atoms with E-state index in [1.807, 2.05) is 0 Å². The Labute approximate surface area is 102 Å². The molecule has 5 heteroatoms. The number of aliphatic imine (C=N–C) groups is 1. The van der Waals surface area contributed by atoms with Gasteiger partial charge in [-0.25, -0.2) is 9.18 Å². The summed E-state index contributed by atoms with van der Waals surface area (Å²) in [7, 11) is 0. The molecule has 1 saturated heterocycles. The summed E-state index contributed by atoms with van der Waals surface area (Å²) in [5.41, 5.74) is -0.786. The SMILES string of the molecule is O=C=Nc1ccc(Cl)c(C#CC2(F)COC2)c1. The molecule has 1 fully saturated rings. The van der Waals surface area contributed by atoms with Crippen molar-refractivity contribution in [3.8, 4) is 11.8 Å². The Kier molecular flexibility index (Phi) is 3.26. The van der Waals surface area contributed by atoms with E-state index in [-0.39, 0.29) is 13.2 Å². The molecule has 0 spiro atoms. The van der Waals surface area contributed by atoms with E-state index in [1.54, 1.807) is 12.1 Å². The molecule has 2 rings (SSSR count). The standard InChI is InChI=1S/C12H7ClFNO2/c13-11-2-1-10(15-8-16)5-9(11)3-4-12(14)6-17-7-12/h1-2,5H,6-7H2. The van der Waals surface area contributed by atoms with Crippen molar-refractivity contribution >= 4 is 23.4 Å². The van der Waals surface area contributed by atoms with Crippen molar-refractivity contribution in [2.24, 2.45) is 4.99 Å². The van der Waals surface area contributed by atoms with Gasteiger partial charge in [-0.3, -0.25) is 0 Å². The normalized spacial score (nSPS) is 16.1. The van der Waals surface area contributed by atoms with Crippen LogP contribution in [0.3, 0.4) is 0 Å². The van der Waals surface area contributed by atoms with Crippen molar-refractivity contribution in [1.82, 2.24) is 0 Å². The highest BCUT2D eigenvalue weighted by Crippen LogP contribution is 2.23. The number of benzene rings is 1. The molecule has 1 aromatic rings. The van der Waals surface area contributed by atoms with E-state index in [9.17, 15) is 9.18 Å². The van der Waals surface area contributed by atoms with Crippen LogP contribution in [0.5, 0.6) is 0 Å². The summed E-state index contributed by atoms with van der Waals surface area (Å²) in [6, 6.07) is 4.60. The largest absolute Gasteiger partial charge is 0.372 e. The zero-order valence-electron chi connectivity index (χ0n) is 8.67. The fraction of sp³-hybridized carbons (Fsp3) is 0.250. The lowest BCUT2D eigenvalue weighted by molar-refractivity contribution is -0.0934. The Bertz CT molecular complexity index is 551. The molecule has 17 heavy (non-hydrogen) atoms. The van der Waals surface area contributed by atoms with Crippen LogP contribution in [0.1, 0.15) is 5.56 Å². The average molecular weight is 252 g/mol. The number of nitrogens with zero attached hydrogens (tertiary/aromatic N) is 1. The number of rotatable bonds is 1. The van der Waals surface area contributed by atoms with E-state index in [4.69, 9.17) is 16.3 Å². The zero-order chi connectivity index (χ0) is 12.3. The molecule has 1 aliphatic rings. The molecule has 0 aliphatic carbocycles. The second-order valence-electron chi connectivity index (χ2n) is 3.58. The van der Waals surface area contributed by atoms with Gasteiger partial charge in [0, 0.05) is 5.56 Å². The van der Waals surface area contributed by atoms with Gasteiger partial charge in [0.25, 0.3) is 0 Å². The smallest absolute Gasteiger partial charge is 0.240 e. The van der Waals surface area contributed by atoms with Crippen LogP contribution in [0.15, 0.2) is 23.2 Å². The van der Waals surface area contributed by atoms with Gasteiger partial charge in [0.15, 0.2) is 0 Å². The molecule has 0 atom stereocenters. The predicted molar refractivity (Wildman–Crippen MR) is 60.8 cm³/mol. The van der Waals surface area contributed by atoms with E-state index in [0.717, 1.165) is 0 Å². The first kappa shape index (κ1) is 11.8. The van der Waals surface area contributed by atoms with E-state index in [2.05, 4.69) is 16.8 Å². The van der Waals surface area contributed by atoms with Gasteiger partial charge >= 0.3 is 0 Å². The minimum atomic E-state index is -1.59. The highest BCUT2D eigenvalue weighted by Gasteiger charge is 2.36. The maximum atomic E-state index is 13.5. The molecule has 0 amide bonds. The Balaban J connectivity index is 2.31. The second kappa shape index (κ2) is 4.68. The maximum Gasteiger partial charge on any atom is 0.240 e. The fourth-order valence-electron chi connectivity index (χ4n) is 1.26. The van der Waals surface area contributed by atoms with Crippen molar-refractivity contribution in [3.05, 3.63) is 28.8 Å². The molecule has 86 valence electrons. The summed E-state index contributed by atoms with van der Waals surface area (Å²) < 4.78 is 18.3. The molecule has 0 aromatic heterocycles. The molecular weight excluding hydrogens is 245 g/mol. The number of alkyl halides is 1. The number of carbonyl (C=O) groups excluding carboxylic acids is 1. The van der Waals surface area contributed by atoms with Gasteiger partial charge in [0.2, 0.25) is 11.7 Å². The Hall–Kier alpha value is -1.66. The number of hydrogen-bond donors (Lipinski definition) is 0. The first-order chi connectivity index (χ1) is 8.13. The van der Waals surface area contributed by atoms with Gasteiger partial charge in [-0.15, -0.1) is 0 Å². The Morgan fingerprint density at radius 3 is 2.82 bits per heavy atom. The molecule has 0 unspecified atom stereocenters. The van der Waals surface area contributed by atoms with Gasteiger partial charge in [-0.1, -0.05) is 23.4 Å². The molecule has 1 aliphatic heterocycles. The van der Waals surface area contributed by atoms with Gasteiger partial charge in [-0.05, 0) is 18.2 Å². The summed E-state index contributed by atoms with van der Waals surface area (Å²) in [5, 5.41) is 0.381. The molecule has 1 heterocycles. The number of halogens is 2. The van der Waals surface area contributed by atoms with Crippen LogP contribution in [0.25, 0.3) is 0 Å². The lowest BCUT2D eigenvalue weighted by Gasteiger charge is -2.28. The van der Waals surface area contributed by atoms with Gasteiger partial charge in [0.1, 0.15) is 0 Å². The van der Waals surface area contributed by atoms with Crippen LogP contribution in [0.4, 0.5) is 10.1 Å². The predicted octanol–water partition coefficient (Wildman–Crippen LogP) is 2.40. The van der Waals surface area contributed by atoms with Crippen LogP contribution in [-0.4, -0.2) is 25.0 Å². The zero-order valence-corrected chi connectivity index (χ0v) is 9.42. The molecule has 0 radical (unpaired) electrons. The van der Waals surface area contributed by atoms with Crippen LogP contribution in [0, 0.1) is 11.8 Å². The van der Waals surface area contributed by atoms with Crippen molar-refractivity contribution in [1.29, 1.82) is 0 Å². The van der Waals surface area contributed by atoms with Crippen LogP contribution >= 0.6 is 11.6 Å². The second-order valence-corrected chi connectivity index (χ2v) is 3.98. The van der Waals surface area contributed by atoms with Crippen molar-refractivity contribution < 1.29 is 13.9 Å². The first-order valence-electron chi connectivity index (χ1n) is 4.80. The Morgan fingerprint density at radius 1 is 1.47 bits per heavy atom. The summed E-state index contributed by atoms with van der Waals surface area (Å²) in [6.07, 6.45) is 1.42. The molecule has 3 nitrogen and oxygen atoms in total. The number of ether oxygens (including phenoxy) is 1. The van der Waals surface area contributed by atoms with Crippen molar-refractivity contribution in [2.45, 2.75) is 5.67 Å². The molecule has 0 saturated carbocycles. The monoisotopic (exact) mass is 251 g/mol. The van der Waals surface area contributed by atoms with Crippen molar-refractivity contribution in [3.63, 3.8) is 0 Å². The number of isocyanates is 1. The summed E-state index contributed by atoms with van der Waals surface area (Å²) in [5.74, 6) is 5.08.